The number of carbonyl (C=O) groups is 1. The molecule has 2 rings (SSSR count). The summed E-state index contributed by atoms with van der Waals surface area (Å²) in [4.78, 5) is 12.2. The molecule has 0 radical (unpaired) electrons. The number of carbonyl (C=O) groups excluding carboxylic acids is 1. The van der Waals surface area contributed by atoms with E-state index in [1.54, 1.807) is 0 Å². The summed E-state index contributed by atoms with van der Waals surface area (Å²) >= 11 is 0. The number of hydrogen-bond acceptors (Lipinski definition) is 2. The zero-order valence-electron chi connectivity index (χ0n) is 15.4. The molecule has 0 aliphatic carbocycles. The molecule has 0 aliphatic heterocycles. The molecule has 2 aromatic carbocycles. The van der Waals surface area contributed by atoms with E-state index >= 15 is 0 Å². The zero-order valence-corrected chi connectivity index (χ0v) is 15.4. The van der Waals surface area contributed by atoms with Gasteiger partial charge < -0.3 is 4.74 Å². The minimum atomic E-state index is -0.194. The third kappa shape index (κ3) is 7.55. The Balaban J connectivity index is 1.73. The Labute approximate surface area is 152 Å². The summed E-state index contributed by atoms with van der Waals surface area (Å²) in [6.07, 6.45) is 8.95. The molecule has 2 heteroatoms. The van der Waals surface area contributed by atoms with Gasteiger partial charge in [-0.05, 0) is 48.9 Å². The lowest BCUT2D eigenvalue weighted by Gasteiger charge is -2.07. The highest BCUT2D eigenvalue weighted by molar-refractivity contribution is 5.89. The van der Waals surface area contributed by atoms with Gasteiger partial charge in [0.2, 0.25) is 0 Å². The quantitative estimate of drug-likeness (QED) is 0.371. The van der Waals surface area contributed by atoms with Crippen molar-refractivity contribution < 1.29 is 9.53 Å². The van der Waals surface area contributed by atoms with Gasteiger partial charge in [-0.3, -0.25) is 0 Å². The summed E-state index contributed by atoms with van der Waals surface area (Å²) in [7, 11) is 0. The van der Waals surface area contributed by atoms with Crippen molar-refractivity contribution in [3.8, 4) is 0 Å². The zero-order chi connectivity index (χ0) is 17.7. The largest absolute Gasteiger partial charge is 0.462 e. The predicted molar refractivity (Wildman–Crippen MR) is 104 cm³/mol. The topological polar surface area (TPSA) is 26.3 Å². The van der Waals surface area contributed by atoms with E-state index in [0.29, 0.717) is 12.2 Å². The summed E-state index contributed by atoms with van der Waals surface area (Å²) in [5, 5.41) is 0. The maximum Gasteiger partial charge on any atom is 0.338 e. The number of hydrogen-bond donors (Lipinski definition) is 0. The molecule has 0 aliphatic rings. The van der Waals surface area contributed by atoms with E-state index in [2.05, 4.69) is 37.3 Å². The lowest BCUT2D eigenvalue weighted by molar-refractivity contribution is 0.0497. The van der Waals surface area contributed by atoms with Crippen LogP contribution in [-0.4, -0.2) is 12.6 Å². The average molecular weight is 338 g/mol. The summed E-state index contributed by atoms with van der Waals surface area (Å²) < 4.78 is 5.40. The third-order valence-corrected chi connectivity index (χ3v) is 4.42. The molecule has 134 valence electrons. The fourth-order valence-electron chi connectivity index (χ4n) is 2.95. The average Bonchev–Trinajstić information content (AvgIpc) is 2.65. The van der Waals surface area contributed by atoms with Gasteiger partial charge >= 0.3 is 5.97 Å². The molecule has 0 bridgehead atoms. The predicted octanol–water partition coefficient (Wildman–Crippen LogP) is 5.99. The van der Waals surface area contributed by atoms with Crippen molar-refractivity contribution in [2.24, 2.45) is 0 Å². The van der Waals surface area contributed by atoms with Gasteiger partial charge in [-0.25, -0.2) is 4.79 Å². The molecule has 0 atom stereocenters. The lowest BCUT2D eigenvalue weighted by Crippen LogP contribution is -2.07. The summed E-state index contributed by atoms with van der Waals surface area (Å²) in [6, 6.07) is 18.4. The van der Waals surface area contributed by atoms with Crippen molar-refractivity contribution >= 4 is 5.97 Å². The molecular weight excluding hydrogens is 308 g/mol. The molecule has 2 aromatic rings. The van der Waals surface area contributed by atoms with E-state index in [1.165, 1.54) is 30.4 Å². The van der Waals surface area contributed by atoms with Gasteiger partial charge in [0.25, 0.3) is 0 Å². The van der Waals surface area contributed by atoms with Crippen molar-refractivity contribution in [2.75, 3.05) is 6.61 Å². The molecule has 0 N–H and O–H groups in total. The van der Waals surface area contributed by atoms with Crippen LogP contribution in [0.1, 0.15) is 66.9 Å². The Morgan fingerprint density at radius 3 is 2.32 bits per heavy atom. The molecule has 2 nitrogen and oxygen atoms in total. The molecule has 0 fully saturated rings. The summed E-state index contributed by atoms with van der Waals surface area (Å²) in [5.41, 5.74) is 3.24. The molecule has 0 aromatic heterocycles. The Kier molecular flexibility index (Phi) is 8.82. The Morgan fingerprint density at radius 1 is 0.800 bits per heavy atom. The van der Waals surface area contributed by atoms with Gasteiger partial charge in [0.15, 0.2) is 0 Å². The highest BCUT2D eigenvalue weighted by Crippen LogP contribution is 2.12. The van der Waals surface area contributed by atoms with E-state index in [1.807, 2.05) is 24.3 Å². The van der Waals surface area contributed by atoms with Crippen LogP contribution in [0.3, 0.4) is 0 Å². The highest BCUT2D eigenvalue weighted by atomic mass is 16.5. The lowest BCUT2D eigenvalue weighted by atomic mass is 10.0. The van der Waals surface area contributed by atoms with Crippen LogP contribution in [0.4, 0.5) is 0 Å². The molecule has 0 saturated heterocycles. The Morgan fingerprint density at radius 2 is 1.52 bits per heavy atom. The van der Waals surface area contributed by atoms with E-state index < -0.39 is 0 Å². The standard InChI is InChI=1S/C23H30O2/c1-2-3-4-5-9-18-25-23(24)22-17-11-16-21(19-22)15-10-14-20-12-7-6-8-13-20/h6-8,11-13,16-17,19H,2-5,9-10,14-15,18H2,1H3. The maximum atomic E-state index is 12.2. The van der Waals surface area contributed by atoms with Gasteiger partial charge in [-0.15, -0.1) is 0 Å². The SMILES string of the molecule is CCCCCCCOC(=O)c1cccc(CCCc2ccccc2)c1. The van der Waals surface area contributed by atoms with E-state index in [-0.39, 0.29) is 5.97 Å². The van der Waals surface area contributed by atoms with Gasteiger partial charge in [0, 0.05) is 0 Å². The smallest absolute Gasteiger partial charge is 0.338 e. The highest BCUT2D eigenvalue weighted by Gasteiger charge is 2.07. The van der Waals surface area contributed by atoms with Gasteiger partial charge in [0.1, 0.15) is 0 Å². The number of aryl methyl sites for hydroxylation is 2. The van der Waals surface area contributed by atoms with Gasteiger partial charge in [-0.2, -0.15) is 0 Å². The molecule has 0 saturated carbocycles. The molecule has 0 unspecified atom stereocenters. The van der Waals surface area contributed by atoms with Crippen LogP contribution in [0.25, 0.3) is 0 Å². The van der Waals surface area contributed by atoms with E-state index in [0.717, 1.165) is 32.1 Å². The first-order chi connectivity index (χ1) is 12.3. The second-order valence-corrected chi connectivity index (χ2v) is 6.59. The fraction of sp³-hybridized carbons (Fsp3) is 0.435. The molecule has 0 amide bonds. The number of ether oxygens (including phenoxy) is 1. The van der Waals surface area contributed by atoms with Crippen molar-refractivity contribution in [2.45, 2.75) is 58.3 Å². The van der Waals surface area contributed by atoms with Crippen LogP contribution in [0.5, 0.6) is 0 Å². The van der Waals surface area contributed by atoms with Crippen LogP contribution in [-0.2, 0) is 17.6 Å². The van der Waals surface area contributed by atoms with Crippen molar-refractivity contribution in [1.82, 2.24) is 0 Å². The first-order valence-electron chi connectivity index (χ1n) is 9.59. The Hall–Kier alpha value is -2.09. The van der Waals surface area contributed by atoms with Crippen LogP contribution in [0.15, 0.2) is 54.6 Å². The first-order valence-corrected chi connectivity index (χ1v) is 9.59. The molecule has 25 heavy (non-hydrogen) atoms. The second kappa shape index (κ2) is 11.5. The number of unbranched alkanes of at least 4 members (excludes halogenated alkanes) is 4. The van der Waals surface area contributed by atoms with Gasteiger partial charge in [-0.1, -0.05) is 75.1 Å². The van der Waals surface area contributed by atoms with Crippen molar-refractivity contribution in [1.29, 1.82) is 0 Å². The van der Waals surface area contributed by atoms with E-state index in [4.69, 9.17) is 4.74 Å². The van der Waals surface area contributed by atoms with Crippen LogP contribution in [0, 0.1) is 0 Å². The molecular formula is C23H30O2. The molecule has 0 spiro atoms. The minimum Gasteiger partial charge on any atom is -0.462 e. The van der Waals surface area contributed by atoms with Crippen LogP contribution in [0.2, 0.25) is 0 Å². The minimum absolute atomic E-state index is 0.194. The fourth-order valence-corrected chi connectivity index (χ4v) is 2.95. The van der Waals surface area contributed by atoms with Crippen molar-refractivity contribution in [3.63, 3.8) is 0 Å². The van der Waals surface area contributed by atoms with Crippen LogP contribution >= 0.6 is 0 Å². The summed E-state index contributed by atoms with van der Waals surface area (Å²) in [6.45, 7) is 2.73. The normalized spacial score (nSPS) is 10.6. The summed E-state index contributed by atoms with van der Waals surface area (Å²) in [5.74, 6) is -0.194. The van der Waals surface area contributed by atoms with Gasteiger partial charge in [0.05, 0.1) is 12.2 Å². The molecule has 0 heterocycles. The monoisotopic (exact) mass is 338 g/mol. The first kappa shape index (κ1) is 19.2. The number of benzene rings is 2. The maximum absolute atomic E-state index is 12.2. The van der Waals surface area contributed by atoms with Crippen LogP contribution < -0.4 is 0 Å². The second-order valence-electron chi connectivity index (χ2n) is 6.59. The third-order valence-electron chi connectivity index (χ3n) is 4.42. The number of esters is 1. The number of rotatable bonds is 11. The van der Waals surface area contributed by atoms with Crippen molar-refractivity contribution in [3.05, 3.63) is 71.3 Å². The Bertz CT molecular complexity index is 619. The van der Waals surface area contributed by atoms with E-state index in [9.17, 15) is 4.79 Å².